The summed E-state index contributed by atoms with van der Waals surface area (Å²) in [5, 5.41) is 9.31. The third kappa shape index (κ3) is 2.60. The number of aliphatic hydroxyl groups is 1. The first kappa shape index (κ1) is 10.3. The average Bonchev–Trinajstić information content (AvgIpc) is 2.04. The zero-order valence-electron chi connectivity index (χ0n) is 6.71. The van der Waals surface area contributed by atoms with Gasteiger partial charge in [-0.05, 0) is 12.1 Å². The van der Waals surface area contributed by atoms with E-state index >= 15 is 0 Å². The fourth-order valence-electron chi connectivity index (χ4n) is 0.990. The molecule has 0 aliphatic carbocycles. The minimum absolute atomic E-state index is 0.0848. The molecule has 0 saturated heterocycles. The first-order valence-corrected chi connectivity index (χ1v) is 4.51. The molecule has 1 aromatic rings. The Balaban J connectivity index is 2.94. The number of aliphatic hydroxyl groups excluding tert-OH is 1. The van der Waals surface area contributed by atoms with Gasteiger partial charge in [0.05, 0.1) is 6.10 Å². The van der Waals surface area contributed by atoms with Gasteiger partial charge in [0.25, 0.3) is 0 Å². The van der Waals surface area contributed by atoms with Gasteiger partial charge < -0.3 is 9.90 Å². The van der Waals surface area contributed by atoms with Crippen LogP contribution in [0, 0.1) is 5.82 Å². The predicted molar refractivity (Wildman–Crippen MR) is 49.7 cm³/mol. The molecule has 0 aliphatic heterocycles. The minimum Gasteiger partial charge on any atom is -0.388 e. The fraction of sp³-hybridized carbons (Fsp3) is 0.222. The van der Waals surface area contributed by atoms with E-state index in [-0.39, 0.29) is 12.0 Å². The van der Waals surface area contributed by atoms with Crippen molar-refractivity contribution in [2.45, 2.75) is 12.5 Å². The van der Waals surface area contributed by atoms with Crippen LogP contribution >= 0.6 is 15.9 Å². The van der Waals surface area contributed by atoms with Crippen molar-refractivity contribution >= 4 is 22.2 Å². The molecule has 0 heterocycles. The van der Waals surface area contributed by atoms with Crippen LogP contribution in [0.2, 0.25) is 0 Å². The normalized spacial score (nSPS) is 12.5. The van der Waals surface area contributed by atoms with Crippen LogP contribution in [0.25, 0.3) is 0 Å². The molecule has 1 unspecified atom stereocenters. The van der Waals surface area contributed by atoms with Gasteiger partial charge in [-0.3, -0.25) is 0 Å². The standard InChI is InChI=1S/C9H8BrFO2/c10-6-1-2-7(8(11)5-6)9(13)3-4-12/h1-2,4-5,9,13H,3H2. The largest absolute Gasteiger partial charge is 0.388 e. The number of halogens is 2. The van der Waals surface area contributed by atoms with Crippen molar-refractivity contribution in [1.82, 2.24) is 0 Å². The lowest BCUT2D eigenvalue weighted by Gasteiger charge is -2.08. The monoisotopic (exact) mass is 246 g/mol. The molecule has 70 valence electrons. The molecule has 0 radical (unpaired) electrons. The van der Waals surface area contributed by atoms with E-state index in [1.807, 2.05) is 0 Å². The lowest BCUT2D eigenvalue weighted by atomic mass is 10.1. The van der Waals surface area contributed by atoms with E-state index in [1.165, 1.54) is 12.1 Å². The third-order valence-corrected chi connectivity index (χ3v) is 2.13. The average molecular weight is 247 g/mol. The molecule has 0 aromatic heterocycles. The fourth-order valence-corrected chi connectivity index (χ4v) is 1.32. The molecule has 0 spiro atoms. The molecule has 0 fully saturated rings. The molecule has 1 aromatic carbocycles. The first-order valence-electron chi connectivity index (χ1n) is 3.72. The van der Waals surface area contributed by atoms with Gasteiger partial charge in [-0.25, -0.2) is 4.39 Å². The van der Waals surface area contributed by atoms with Crippen LogP contribution in [0.3, 0.4) is 0 Å². The minimum atomic E-state index is -1.05. The van der Waals surface area contributed by atoms with Crippen LogP contribution in [0.5, 0.6) is 0 Å². The van der Waals surface area contributed by atoms with Gasteiger partial charge in [0.15, 0.2) is 0 Å². The predicted octanol–water partition coefficient (Wildman–Crippen LogP) is 2.21. The third-order valence-electron chi connectivity index (χ3n) is 1.64. The molecule has 1 atom stereocenters. The number of benzene rings is 1. The van der Waals surface area contributed by atoms with Gasteiger partial charge in [-0.1, -0.05) is 22.0 Å². The summed E-state index contributed by atoms with van der Waals surface area (Å²) in [6.45, 7) is 0. The molecule has 13 heavy (non-hydrogen) atoms. The highest BCUT2D eigenvalue weighted by Gasteiger charge is 2.11. The maximum atomic E-state index is 13.1. The zero-order valence-corrected chi connectivity index (χ0v) is 8.29. The van der Waals surface area contributed by atoms with Crippen molar-refractivity contribution in [1.29, 1.82) is 0 Å². The quantitative estimate of drug-likeness (QED) is 0.831. The van der Waals surface area contributed by atoms with Gasteiger partial charge in [0.1, 0.15) is 12.1 Å². The molecule has 1 N–H and O–H groups in total. The number of carbonyl (C=O) groups is 1. The lowest BCUT2D eigenvalue weighted by Crippen LogP contribution is -2.00. The maximum absolute atomic E-state index is 13.1. The van der Waals surface area contributed by atoms with Crippen molar-refractivity contribution in [3.63, 3.8) is 0 Å². The zero-order chi connectivity index (χ0) is 9.84. The number of hydrogen-bond acceptors (Lipinski definition) is 2. The SMILES string of the molecule is O=CCC(O)c1ccc(Br)cc1F. The second-order valence-electron chi connectivity index (χ2n) is 2.58. The van der Waals surface area contributed by atoms with Gasteiger partial charge in [0, 0.05) is 16.5 Å². The Bertz CT molecular complexity index is 314. The van der Waals surface area contributed by atoms with Gasteiger partial charge >= 0.3 is 0 Å². The van der Waals surface area contributed by atoms with E-state index in [0.717, 1.165) is 0 Å². The summed E-state index contributed by atoms with van der Waals surface area (Å²) < 4.78 is 13.7. The van der Waals surface area contributed by atoms with Crippen molar-refractivity contribution in [3.05, 3.63) is 34.1 Å². The molecule has 0 amide bonds. The molecule has 0 saturated carbocycles. The van der Waals surface area contributed by atoms with Crippen molar-refractivity contribution in [2.24, 2.45) is 0 Å². The Labute approximate surface area is 83.5 Å². The van der Waals surface area contributed by atoms with Crippen LogP contribution in [0.4, 0.5) is 4.39 Å². The Morgan fingerprint density at radius 1 is 1.62 bits per heavy atom. The molecular weight excluding hydrogens is 239 g/mol. The Kier molecular flexibility index (Phi) is 3.57. The van der Waals surface area contributed by atoms with E-state index in [0.29, 0.717) is 10.8 Å². The Hall–Kier alpha value is -0.740. The van der Waals surface area contributed by atoms with E-state index in [2.05, 4.69) is 15.9 Å². The van der Waals surface area contributed by atoms with Crippen molar-refractivity contribution in [3.8, 4) is 0 Å². The molecule has 4 heteroatoms. The van der Waals surface area contributed by atoms with Crippen molar-refractivity contribution < 1.29 is 14.3 Å². The van der Waals surface area contributed by atoms with Crippen LogP contribution in [0.15, 0.2) is 22.7 Å². The maximum Gasteiger partial charge on any atom is 0.130 e. The van der Waals surface area contributed by atoms with Gasteiger partial charge in [0.2, 0.25) is 0 Å². The van der Waals surface area contributed by atoms with E-state index in [1.54, 1.807) is 6.07 Å². The van der Waals surface area contributed by atoms with Gasteiger partial charge in [-0.2, -0.15) is 0 Å². The topological polar surface area (TPSA) is 37.3 Å². The van der Waals surface area contributed by atoms with Crippen LogP contribution < -0.4 is 0 Å². The number of hydrogen-bond donors (Lipinski definition) is 1. The lowest BCUT2D eigenvalue weighted by molar-refractivity contribution is -0.109. The molecule has 0 aliphatic rings. The number of carbonyl (C=O) groups excluding carboxylic acids is 1. The Morgan fingerprint density at radius 3 is 2.85 bits per heavy atom. The number of aldehydes is 1. The van der Waals surface area contributed by atoms with Gasteiger partial charge in [-0.15, -0.1) is 0 Å². The van der Waals surface area contributed by atoms with Crippen molar-refractivity contribution in [2.75, 3.05) is 0 Å². The summed E-state index contributed by atoms with van der Waals surface area (Å²) >= 11 is 3.09. The summed E-state index contributed by atoms with van der Waals surface area (Å²) in [4.78, 5) is 10.1. The smallest absolute Gasteiger partial charge is 0.130 e. The second-order valence-corrected chi connectivity index (χ2v) is 3.50. The molecule has 1 rings (SSSR count). The summed E-state index contributed by atoms with van der Waals surface area (Å²) in [5.41, 5.74) is 0.148. The summed E-state index contributed by atoms with van der Waals surface area (Å²) in [5.74, 6) is -0.510. The summed E-state index contributed by atoms with van der Waals surface area (Å²) in [7, 11) is 0. The molecule has 0 bridgehead atoms. The summed E-state index contributed by atoms with van der Waals surface area (Å²) in [6.07, 6.45) is -0.573. The molecule has 2 nitrogen and oxygen atoms in total. The number of rotatable bonds is 3. The first-order chi connectivity index (χ1) is 6.15. The van der Waals surface area contributed by atoms with E-state index < -0.39 is 11.9 Å². The van der Waals surface area contributed by atoms with Crippen LogP contribution in [-0.4, -0.2) is 11.4 Å². The Morgan fingerprint density at radius 2 is 2.31 bits per heavy atom. The van der Waals surface area contributed by atoms with E-state index in [4.69, 9.17) is 0 Å². The molecular formula is C9H8BrFO2. The van der Waals surface area contributed by atoms with E-state index in [9.17, 15) is 14.3 Å². The highest BCUT2D eigenvalue weighted by Crippen LogP contribution is 2.22. The second kappa shape index (κ2) is 4.48. The highest BCUT2D eigenvalue weighted by atomic mass is 79.9. The van der Waals surface area contributed by atoms with Crippen LogP contribution in [0.1, 0.15) is 18.1 Å². The van der Waals surface area contributed by atoms with Crippen LogP contribution in [-0.2, 0) is 4.79 Å². The summed E-state index contributed by atoms with van der Waals surface area (Å²) in [6, 6.07) is 4.32. The highest BCUT2D eigenvalue weighted by molar-refractivity contribution is 9.10.